The quantitative estimate of drug-likeness (QED) is 0.824. The number of hydrogen-bond donors (Lipinski definition) is 2. The van der Waals surface area contributed by atoms with Gasteiger partial charge in [-0.3, -0.25) is 4.79 Å². The predicted molar refractivity (Wildman–Crippen MR) is 80.8 cm³/mol. The van der Waals surface area contributed by atoms with E-state index in [0.717, 1.165) is 11.1 Å². The first-order chi connectivity index (χ1) is 9.61. The van der Waals surface area contributed by atoms with Crippen LogP contribution >= 0.6 is 0 Å². The molecule has 0 radical (unpaired) electrons. The van der Waals surface area contributed by atoms with Crippen molar-refractivity contribution in [3.63, 3.8) is 0 Å². The van der Waals surface area contributed by atoms with E-state index in [2.05, 4.69) is 17.2 Å². The molecular weight excluding hydrogens is 248 g/mol. The van der Waals surface area contributed by atoms with Crippen molar-refractivity contribution in [2.45, 2.75) is 32.7 Å². The van der Waals surface area contributed by atoms with Gasteiger partial charge in [-0.15, -0.1) is 0 Å². The molecule has 0 heterocycles. The van der Waals surface area contributed by atoms with Crippen LogP contribution in [0.5, 0.6) is 0 Å². The van der Waals surface area contributed by atoms with Gasteiger partial charge in [0.15, 0.2) is 0 Å². The summed E-state index contributed by atoms with van der Waals surface area (Å²) in [6.07, 6.45) is 2.38. The summed E-state index contributed by atoms with van der Waals surface area (Å²) in [5, 5.41) is 3.09. The first-order valence-electron chi connectivity index (χ1n) is 7.21. The maximum Gasteiger partial charge on any atom is 0.223 e. The molecule has 3 N–H and O–H groups in total. The number of benzene rings is 1. The molecule has 1 aliphatic carbocycles. The Labute approximate surface area is 120 Å². The smallest absolute Gasteiger partial charge is 0.223 e. The second-order valence-corrected chi connectivity index (χ2v) is 5.49. The van der Waals surface area contributed by atoms with E-state index in [1.807, 2.05) is 38.1 Å². The molecule has 1 amide bonds. The lowest BCUT2D eigenvalue weighted by molar-refractivity contribution is -0.125. The molecule has 3 heteroatoms. The Morgan fingerprint density at radius 1 is 1.45 bits per heavy atom. The summed E-state index contributed by atoms with van der Waals surface area (Å²) in [4.78, 5) is 12.1. The molecule has 1 aromatic rings. The summed E-state index contributed by atoms with van der Waals surface area (Å²) < 4.78 is 0. The van der Waals surface area contributed by atoms with Gasteiger partial charge in [-0.25, -0.2) is 0 Å². The third-order valence-electron chi connectivity index (χ3n) is 3.82. The van der Waals surface area contributed by atoms with Crippen LogP contribution in [0, 0.1) is 23.7 Å². The van der Waals surface area contributed by atoms with Gasteiger partial charge in [-0.1, -0.05) is 30.9 Å². The predicted octanol–water partition coefficient (Wildman–Crippen LogP) is 2.22. The van der Waals surface area contributed by atoms with Crippen LogP contribution in [0.2, 0.25) is 0 Å². The van der Waals surface area contributed by atoms with Gasteiger partial charge in [0.1, 0.15) is 0 Å². The van der Waals surface area contributed by atoms with E-state index in [1.54, 1.807) is 0 Å². The van der Waals surface area contributed by atoms with E-state index in [4.69, 9.17) is 5.73 Å². The van der Waals surface area contributed by atoms with Gasteiger partial charge in [-0.05, 0) is 43.4 Å². The molecule has 0 saturated heterocycles. The van der Waals surface area contributed by atoms with Crippen LogP contribution < -0.4 is 11.1 Å². The highest BCUT2D eigenvalue weighted by Gasteiger charge is 2.32. The van der Waals surface area contributed by atoms with E-state index in [9.17, 15) is 4.79 Å². The highest BCUT2D eigenvalue weighted by atomic mass is 16.1. The van der Waals surface area contributed by atoms with Crippen molar-refractivity contribution in [2.24, 2.45) is 17.6 Å². The van der Waals surface area contributed by atoms with Gasteiger partial charge in [0.25, 0.3) is 0 Å². The second kappa shape index (κ2) is 6.58. The number of rotatable bonds is 4. The first kappa shape index (κ1) is 14.6. The maximum absolute atomic E-state index is 12.1. The molecule has 0 aliphatic heterocycles. The van der Waals surface area contributed by atoms with Crippen LogP contribution in [0.4, 0.5) is 0 Å². The highest BCUT2D eigenvalue weighted by Crippen LogP contribution is 2.36. The minimum absolute atomic E-state index is 0.00308. The van der Waals surface area contributed by atoms with Crippen molar-refractivity contribution in [3.8, 4) is 11.8 Å². The van der Waals surface area contributed by atoms with Crippen molar-refractivity contribution in [1.29, 1.82) is 0 Å². The van der Waals surface area contributed by atoms with Crippen LogP contribution in [-0.2, 0) is 4.79 Å². The minimum Gasteiger partial charge on any atom is -0.349 e. The molecule has 3 nitrogen and oxygen atoms in total. The zero-order valence-corrected chi connectivity index (χ0v) is 12.1. The van der Waals surface area contributed by atoms with Crippen LogP contribution in [0.25, 0.3) is 0 Å². The molecule has 0 aromatic heterocycles. The molecular formula is C17H22N2O. The molecule has 20 heavy (non-hydrogen) atoms. The number of nitrogens with one attached hydrogen (secondary N) is 1. The molecule has 1 aromatic carbocycles. The van der Waals surface area contributed by atoms with E-state index in [-0.39, 0.29) is 17.9 Å². The Morgan fingerprint density at radius 3 is 2.85 bits per heavy atom. The van der Waals surface area contributed by atoms with E-state index in [1.165, 1.54) is 12.8 Å². The fraction of sp³-hybridized carbons (Fsp3) is 0.471. The van der Waals surface area contributed by atoms with Gasteiger partial charge in [0.05, 0.1) is 12.6 Å². The summed E-state index contributed by atoms with van der Waals surface area (Å²) in [6.45, 7) is 4.38. The topological polar surface area (TPSA) is 55.1 Å². The van der Waals surface area contributed by atoms with E-state index < -0.39 is 0 Å². The zero-order valence-electron chi connectivity index (χ0n) is 12.1. The van der Waals surface area contributed by atoms with Crippen molar-refractivity contribution in [3.05, 3.63) is 35.4 Å². The van der Waals surface area contributed by atoms with Crippen LogP contribution in [0.1, 0.15) is 43.9 Å². The average Bonchev–Trinajstić information content (AvgIpc) is 3.29. The van der Waals surface area contributed by atoms with Gasteiger partial charge in [-0.2, -0.15) is 0 Å². The largest absolute Gasteiger partial charge is 0.349 e. The van der Waals surface area contributed by atoms with Crippen molar-refractivity contribution >= 4 is 5.91 Å². The molecule has 1 aliphatic rings. The fourth-order valence-corrected chi connectivity index (χ4v) is 2.28. The molecule has 0 spiro atoms. The SMILES string of the molecule is CC(NC(=O)C(C)C1CC1)c1cccc(C#CCN)c1. The van der Waals surface area contributed by atoms with Crippen LogP contribution in [-0.4, -0.2) is 12.5 Å². The third kappa shape index (κ3) is 3.85. The normalized spacial score (nSPS) is 16.8. The highest BCUT2D eigenvalue weighted by molar-refractivity contribution is 5.79. The number of carbonyl (C=O) groups excluding carboxylic acids is 1. The third-order valence-corrected chi connectivity index (χ3v) is 3.82. The van der Waals surface area contributed by atoms with Crippen LogP contribution in [0.15, 0.2) is 24.3 Å². The number of hydrogen-bond acceptors (Lipinski definition) is 2. The van der Waals surface area contributed by atoms with E-state index in [0.29, 0.717) is 12.5 Å². The number of carbonyl (C=O) groups is 1. The lowest BCUT2D eigenvalue weighted by atomic mass is 10.0. The van der Waals surface area contributed by atoms with Crippen molar-refractivity contribution < 1.29 is 4.79 Å². The van der Waals surface area contributed by atoms with Crippen molar-refractivity contribution in [1.82, 2.24) is 5.32 Å². The maximum atomic E-state index is 12.1. The first-order valence-corrected chi connectivity index (χ1v) is 7.21. The Balaban J connectivity index is 2.01. The lowest BCUT2D eigenvalue weighted by Crippen LogP contribution is -2.32. The molecule has 0 bridgehead atoms. The summed E-state index contributed by atoms with van der Waals surface area (Å²) in [5.41, 5.74) is 7.39. The Morgan fingerprint density at radius 2 is 2.20 bits per heavy atom. The summed E-state index contributed by atoms with van der Waals surface area (Å²) in [7, 11) is 0. The monoisotopic (exact) mass is 270 g/mol. The Kier molecular flexibility index (Phi) is 4.81. The van der Waals surface area contributed by atoms with Crippen LogP contribution in [0.3, 0.4) is 0 Å². The summed E-state index contributed by atoms with van der Waals surface area (Å²) >= 11 is 0. The summed E-state index contributed by atoms with van der Waals surface area (Å²) in [6, 6.07) is 7.94. The van der Waals surface area contributed by atoms with Crippen molar-refractivity contribution in [2.75, 3.05) is 6.54 Å². The number of nitrogens with two attached hydrogens (primary N) is 1. The molecule has 1 fully saturated rings. The van der Waals surface area contributed by atoms with E-state index >= 15 is 0 Å². The molecule has 2 rings (SSSR count). The molecule has 2 unspecified atom stereocenters. The fourth-order valence-electron chi connectivity index (χ4n) is 2.28. The lowest BCUT2D eigenvalue weighted by Gasteiger charge is -2.18. The number of amides is 1. The second-order valence-electron chi connectivity index (χ2n) is 5.49. The zero-order chi connectivity index (χ0) is 14.5. The molecule has 2 atom stereocenters. The van der Waals surface area contributed by atoms with Gasteiger partial charge in [0.2, 0.25) is 5.91 Å². The Hall–Kier alpha value is -1.79. The molecule has 106 valence electrons. The Bertz CT molecular complexity index is 537. The summed E-state index contributed by atoms with van der Waals surface area (Å²) in [5.74, 6) is 6.72. The van der Waals surface area contributed by atoms with Gasteiger partial charge in [0, 0.05) is 11.5 Å². The van der Waals surface area contributed by atoms with Gasteiger partial charge < -0.3 is 11.1 Å². The minimum atomic E-state index is 0.00308. The average molecular weight is 270 g/mol. The molecule has 1 saturated carbocycles. The standard InChI is InChI=1S/C17H22N2O/c1-12(15-8-9-15)17(20)19-13(2)16-7-3-5-14(11-16)6-4-10-18/h3,5,7,11-13,15H,8-10,18H2,1-2H3,(H,19,20). The van der Waals surface area contributed by atoms with Gasteiger partial charge >= 0.3 is 0 Å².